The second-order valence-corrected chi connectivity index (χ2v) is 4.60. The summed E-state index contributed by atoms with van der Waals surface area (Å²) in [6.07, 6.45) is 1.44. The predicted molar refractivity (Wildman–Crippen MR) is 87.6 cm³/mol. The minimum absolute atomic E-state index is 0.0194. The lowest BCUT2D eigenvalue weighted by molar-refractivity contribution is 0.0955. The molecule has 0 atom stereocenters. The first kappa shape index (κ1) is 16.8. The minimum Gasteiger partial charge on any atom is -0.480 e. The van der Waals surface area contributed by atoms with Crippen LogP contribution in [0.5, 0.6) is 5.75 Å². The molecule has 2 aromatic rings. The fourth-order valence-electron chi connectivity index (χ4n) is 1.84. The van der Waals surface area contributed by atoms with Crippen LogP contribution in [0.25, 0.3) is 0 Å². The maximum Gasteiger partial charge on any atom is 0.260 e. The van der Waals surface area contributed by atoms with Crippen molar-refractivity contribution in [3.8, 4) is 17.6 Å². The zero-order chi connectivity index (χ0) is 17.4. The van der Waals surface area contributed by atoms with Crippen molar-refractivity contribution in [2.24, 2.45) is 5.73 Å². The molecule has 0 fully saturated rings. The number of ether oxygens (including phenoxy) is 1. The van der Waals surface area contributed by atoms with Crippen LogP contribution in [0, 0.1) is 11.8 Å². The van der Waals surface area contributed by atoms with Crippen molar-refractivity contribution in [3.63, 3.8) is 0 Å². The van der Waals surface area contributed by atoms with Gasteiger partial charge in [-0.05, 0) is 24.3 Å². The van der Waals surface area contributed by atoms with E-state index in [2.05, 4.69) is 22.1 Å². The molecule has 0 saturated heterocycles. The Morgan fingerprint density at radius 3 is 2.62 bits per heavy atom. The molecule has 1 aromatic carbocycles. The van der Waals surface area contributed by atoms with Gasteiger partial charge in [0.15, 0.2) is 0 Å². The number of carbonyl (C=O) groups excluding carboxylic acids is 2. The summed E-state index contributed by atoms with van der Waals surface area (Å²) in [7, 11) is 0. The first-order valence-corrected chi connectivity index (χ1v) is 7.03. The molecule has 0 radical (unpaired) electrons. The van der Waals surface area contributed by atoms with E-state index in [1.54, 1.807) is 30.3 Å². The van der Waals surface area contributed by atoms with Crippen molar-refractivity contribution >= 4 is 11.8 Å². The van der Waals surface area contributed by atoms with Crippen LogP contribution in [0.1, 0.15) is 20.7 Å². The molecule has 122 valence electrons. The van der Waals surface area contributed by atoms with Crippen molar-refractivity contribution in [1.82, 2.24) is 10.3 Å². The van der Waals surface area contributed by atoms with E-state index in [4.69, 9.17) is 10.5 Å². The van der Waals surface area contributed by atoms with Crippen molar-refractivity contribution in [2.45, 2.75) is 0 Å². The van der Waals surface area contributed by atoms with Crippen molar-refractivity contribution in [1.29, 1.82) is 0 Å². The number of aromatic nitrogens is 1. The first-order valence-electron chi connectivity index (χ1n) is 7.03. The Balaban J connectivity index is 1.83. The third-order valence-corrected chi connectivity index (χ3v) is 2.98. The second-order valence-electron chi connectivity index (χ2n) is 4.60. The molecule has 0 aliphatic carbocycles. The summed E-state index contributed by atoms with van der Waals surface area (Å²) in [5.74, 6) is 4.64. The molecule has 0 spiro atoms. The van der Waals surface area contributed by atoms with Crippen molar-refractivity contribution in [3.05, 3.63) is 64.1 Å². The van der Waals surface area contributed by atoms with Gasteiger partial charge >= 0.3 is 0 Å². The number of pyridine rings is 1. The number of para-hydroxylation sites is 1. The molecule has 0 aliphatic heterocycles. The molecule has 1 aromatic heterocycles. The highest BCUT2D eigenvalue weighted by Crippen LogP contribution is 2.16. The number of carbonyl (C=O) groups is 2. The number of hydrogen-bond donors (Lipinski definition) is 3. The van der Waals surface area contributed by atoms with E-state index in [1.807, 2.05) is 0 Å². The van der Waals surface area contributed by atoms with Crippen LogP contribution in [0.3, 0.4) is 0 Å². The molecular formula is C17H15N3O4. The quantitative estimate of drug-likeness (QED) is 0.685. The number of H-pyrrole nitrogens is 1. The van der Waals surface area contributed by atoms with Gasteiger partial charge in [0.2, 0.25) is 0 Å². The van der Waals surface area contributed by atoms with Gasteiger partial charge in [-0.3, -0.25) is 14.4 Å². The molecule has 0 bridgehead atoms. The Morgan fingerprint density at radius 1 is 1.12 bits per heavy atom. The maximum absolute atomic E-state index is 11.8. The first-order chi connectivity index (χ1) is 11.6. The molecule has 0 unspecified atom stereocenters. The minimum atomic E-state index is -0.584. The molecule has 0 aliphatic rings. The molecule has 2 rings (SSSR count). The van der Waals surface area contributed by atoms with Gasteiger partial charge in [0.1, 0.15) is 17.9 Å². The van der Waals surface area contributed by atoms with E-state index in [1.165, 1.54) is 12.3 Å². The third kappa shape index (κ3) is 4.48. The SMILES string of the molecule is NC(=O)c1ccccc1OCC#CCNC(=O)c1ccc[nH]c1=O. The smallest absolute Gasteiger partial charge is 0.260 e. The lowest BCUT2D eigenvalue weighted by Gasteiger charge is -2.05. The molecule has 7 heteroatoms. The molecule has 24 heavy (non-hydrogen) atoms. The Bertz CT molecular complexity index is 862. The average molecular weight is 325 g/mol. The largest absolute Gasteiger partial charge is 0.480 e. The monoisotopic (exact) mass is 325 g/mol. The number of amides is 2. The van der Waals surface area contributed by atoms with Gasteiger partial charge < -0.3 is 20.8 Å². The van der Waals surface area contributed by atoms with E-state index in [0.717, 1.165) is 0 Å². The van der Waals surface area contributed by atoms with Gasteiger partial charge in [-0.25, -0.2) is 0 Å². The fourth-order valence-corrected chi connectivity index (χ4v) is 1.84. The van der Waals surface area contributed by atoms with Crippen LogP contribution in [0.4, 0.5) is 0 Å². The third-order valence-electron chi connectivity index (χ3n) is 2.98. The number of aromatic amines is 1. The normalized spacial score (nSPS) is 9.50. The summed E-state index contributed by atoms with van der Waals surface area (Å²) in [5.41, 5.74) is 5.07. The van der Waals surface area contributed by atoms with E-state index in [0.29, 0.717) is 5.75 Å². The Hall–Kier alpha value is -3.53. The lowest BCUT2D eigenvalue weighted by atomic mass is 10.2. The summed E-state index contributed by atoms with van der Waals surface area (Å²) in [5, 5.41) is 2.51. The molecule has 2 amide bonds. The fraction of sp³-hybridized carbons (Fsp3) is 0.118. The molecule has 0 saturated carbocycles. The number of benzene rings is 1. The zero-order valence-corrected chi connectivity index (χ0v) is 12.7. The number of rotatable bonds is 5. The highest BCUT2D eigenvalue weighted by atomic mass is 16.5. The average Bonchev–Trinajstić information content (AvgIpc) is 2.58. The number of hydrogen-bond acceptors (Lipinski definition) is 4. The summed E-state index contributed by atoms with van der Waals surface area (Å²) >= 11 is 0. The molecule has 1 heterocycles. The van der Waals surface area contributed by atoms with Gasteiger partial charge in [-0.2, -0.15) is 0 Å². The van der Waals surface area contributed by atoms with Crippen LogP contribution < -0.4 is 21.3 Å². The van der Waals surface area contributed by atoms with Crippen LogP contribution in [-0.4, -0.2) is 29.9 Å². The summed E-state index contributed by atoms with van der Waals surface area (Å²) in [6.45, 7) is 0.0973. The van der Waals surface area contributed by atoms with Crippen LogP contribution in [0.2, 0.25) is 0 Å². The number of primary amides is 1. The Kier molecular flexibility index (Phi) is 5.75. The number of nitrogens with two attached hydrogens (primary N) is 1. The number of nitrogens with one attached hydrogen (secondary N) is 2. The van der Waals surface area contributed by atoms with Crippen molar-refractivity contribution < 1.29 is 14.3 Å². The Labute approximate surface area is 137 Å². The van der Waals surface area contributed by atoms with Gasteiger partial charge in [-0.15, -0.1) is 0 Å². The molecule has 4 N–H and O–H groups in total. The van der Waals surface area contributed by atoms with Crippen LogP contribution in [-0.2, 0) is 0 Å². The van der Waals surface area contributed by atoms with Gasteiger partial charge in [0.05, 0.1) is 12.1 Å². The predicted octanol–water partition coefficient (Wildman–Crippen LogP) is 0.286. The van der Waals surface area contributed by atoms with Gasteiger partial charge in [0, 0.05) is 6.20 Å². The summed E-state index contributed by atoms with van der Waals surface area (Å²) in [4.78, 5) is 36.8. The van der Waals surface area contributed by atoms with Crippen LogP contribution in [0.15, 0.2) is 47.4 Å². The molecular weight excluding hydrogens is 310 g/mol. The lowest BCUT2D eigenvalue weighted by Crippen LogP contribution is -2.29. The second kappa shape index (κ2) is 8.19. The van der Waals surface area contributed by atoms with E-state index < -0.39 is 17.4 Å². The van der Waals surface area contributed by atoms with E-state index in [9.17, 15) is 14.4 Å². The van der Waals surface area contributed by atoms with E-state index >= 15 is 0 Å². The topological polar surface area (TPSA) is 114 Å². The zero-order valence-electron chi connectivity index (χ0n) is 12.7. The maximum atomic E-state index is 11.8. The Morgan fingerprint density at radius 2 is 1.88 bits per heavy atom. The standard InChI is InChI=1S/C17H15N3O4/c18-15(21)12-6-1-2-8-14(12)24-11-4-3-9-19-16(22)13-7-5-10-20-17(13)23/h1-2,5-8,10H,9,11H2,(H2,18,21)(H,19,22)(H,20,23). The molecule has 7 nitrogen and oxygen atoms in total. The van der Waals surface area contributed by atoms with Crippen molar-refractivity contribution in [2.75, 3.05) is 13.2 Å². The van der Waals surface area contributed by atoms with Gasteiger partial charge in [-0.1, -0.05) is 24.0 Å². The van der Waals surface area contributed by atoms with Crippen LogP contribution >= 0.6 is 0 Å². The summed E-state index contributed by atoms with van der Waals surface area (Å²) in [6, 6.07) is 9.55. The highest BCUT2D eigenvalue weighted by molar-refractivity contribution is 5.95. The summed E-state index contributed by atoms with van der Waals surface area (Å²) < 4.78 is 5.37. The van der Waals surface area contributed by atoms with Gasteiger partial charge in [0.25, 0.3) is 17.4 Å². The van der Waals surface area contributed by atoms with E-state index in [-0.39, 0.29) is 24.3 Å². The highest BCUT2D eigenvalue weighted by Gasteiger charge is 2.08.